The van der Waals surface area contributed by atoms with Gasteiger partial charge in [-0.3, -0.25) is 14.3 Å². The first-order valence-electron chi connectivity index (χ1n) is 5.32. The Kier molecular flexibility index (Phi) is 3.33. The molecular weight excluding hydrogens is 259 g/mol. The molecule has 18 heavy (non-hydrogen) atoms. The van der Waals surface area contributed by atoms with E-state index in [4.69, 9.17) is 0 Å². The minimum atomic E-state index is -1.35. The Morgan fingerprint density at radius 1 is 1.39 bits per heavy atom. The van der Waals surface area contributed by atoms with Gasteiger partial charge in [-0.2, -0.15) is 4.39 Å². The van der Waals surface area contributed by atoms with E-state index in [1.807, 2.05) is 18.0 Å². The van der Waals surface area contributed by atoms with E-state index in [1.165, 1.54) is 11.3 Å². The molecule has 2 aromatic rings. The van der Waals surface area contributed by atoms with Crippen LogP contribution in [0.1, 0.15) is 16.7 Å². The van der Waals surface area contributed by atoms with Gasteiger partial charge in [0, 0.05) is 9.75 Å². The molecule has 0 aliphatic rings. The molecule has 0 atom stereocenters. The molecule has 2 rings (SSSR count). The summed E-state index contributed by atoms with van der Waals surface area (Å²) in [5.41, 5.74) is -2.04. The van der Waals surface area contributed by atoms with Crippen molar-refractivity contribution >= 4 is 11.3 Å². The monoisotopic (exact) mass is 270 g/mol. The highest BCUT2D eigenvalue weighted by Crippen LogP contribution is 2.19. The van der Waals surface area contributed by atoms with Crippen LogP contribution in [0.4, 0.5) is 4.39 Å². The predicted octanol–water partition coefficient (Wildman–Crippen LogP) is 1.05. The van der Waals surface area contributed by atoms with Gasteiger partial charge in [0.2, 0.25) is 11.7 Å². The van der Waals surface area contributed by atoms with Gasteiger partial charge in [-0.05, 0) is 18.6 Å². The maximum atomic E-state index is 13.2. The Morgan fingerprint density at radius 2 is 2.06 bits per heavy atom. The Balaban J connectivity index is 2.43. The van der Waals surface area contributed by atoms with Crippen LogP contribution in [-0.2, 0) is 13.0 Å². The van der Waals surface area contributed by atoms with Gasteiger partial charge in [0.15, 0.2) is 0 Å². The van der Waals surface area contributed by atoms with Crippen molar-refractivity contribution in [3.05, 3.63) is 48.5 Å². The van der Waals surface area contributed by atoms with Gasteiger partial charge in [-0.1, -0.05) is 6.92 Å². The summed E-state index contributed by atoms with van der Waals surface area (Å²) in [7, 11) is 0. The van der Waals surface area contributed by atoms with Crippen molar-refractivity contribution in [1.29, 1.82) is 0 Å². The zero-order valence-corrected chi connectivity index (χ0v) is 10.4. The van der Waals surface area contributed by atoms with Crippen LogP contribution in [0.2, 0.25) is 0 Å². The van der Waals surface area contributed by atoms with Crippen molar-refractivity contribution in [2.24, 2.45) is 0 Å². The molecule has 0 amide bonds. The van der Waals surface area contributed by atoms with Crippen molar-refractivity contribution in [2.45, 2.75) is 19.9 Å². The first-order chi connectivity index (χ1) is 8.52. The molecule has 0 saturated carbocycles. The van der Waals surface area contributed by atoms with E-state index in [0.717, 1.165) is 20.7 Å². The summed E-state index contributed by atoms with van der Waals surface area (Å²) in [6.45, 7) is 2.03. The number of hydrogen-bond donors (Lipinski definition) is 2. The summed E-state index contributed by atoms with van der Waals surface area (Å²) in [4.78, 5) is 26.1. The second-order valence-electron chi connectivity index (χ2n) is 3.70. The predicted molar refractivity (Wildman–Crippen MR) is 65.7 cm³/mol. The largest absolute Gasteiger partial charge is 0.492 e. The van der Waals surface area contributed by atoms with Crippen LogP contribution in [0.25, 0.3) is 0 Å². The van der Waals surface area contributed by atoms with Crippen LogP contribution in [0.3, 0.4) is 0 Å². The van der Waals surface area contributed by atoms with Crippen molar-refractivity contribution in [1.82, 2.24) is 9.55 Å². The molecule has 5 nitrogen and oxygen atoms in total. The normalized spacial score (nSPS) is 10.8. The lowest BCUT2D eigenvalue weighted by Gasteiger charge is -2.06. The SMILES string of the molecule is CCc1ccc(Cn2c(O)c(F)c(=O)[nH]c2=O)s1. The maximum absolute atomic E-state index is 13.2. The number of halogens is 1. The molecule has 0 bridgehead atoms. The summed E-state index contributed by atoms with van der Waals surface area (Å²) in [5.74, 6) is -2.28. The smallest absolute Gasteiger partial charge is 0.331 e. The van der Waals surface area contributed by atoms with Gasteiger partial charge < -0.3 is 5.11 Å². The van der Waals surface area contributed by atoms with Gasteiger partial charge in [0.05, 0.1) is 6.54 Å². The third kappa shape index (κ3) is 2.21. The van der Waals surface area contributed by atoms with Crippen LogP contribution in [0.15, 0.2) is 21.7 Å². The number of H-pyrrole nitrogens is 1. The molecule has 7 heteroatoms. The number of rotatable bonds is 3. The lowest BCUT2D eigenvalue weighted by atomic mass is 10.3. The zero-order valence-electron chi connectivity index (χ0n) is 9.57. The molecular formula is C11H11FN2O3S. The summed E-state index contributed by atoms with van der Waals surface area (Å²) in [5, 5.41) is 9.46. The molecule has 0 fully saturated rings. The minimum absolute atomic E-state index is 0.0308. The summed E-state index contributed by atoms with van der Waals surface area (Å²) >= 11 is 1.47. The lowest BCUT2D eigenvalue weighted by Crippen LogP contribution is -2.32. The number of aryl methyl sites for hydroxylation is 1. The quantitative estimate of drug-likeness (QED) is 0.875. The fourth-order valence-electron chi connectivity index (χ4n) is 1.54. The Hall–Kier alpha value is -1.89. The second-order valence-corrected chi connectivity index (χ2v) is 4.96. The van der Waals surface area contributed by atoms with Gasteiger partial charge in [-0.25, -0.2) is 4.79 Å². The number of nitrogens with zero attached hydrogens (tertiary/aromatic N) is 1. The zero-order chi connectivity index (χ0) is 13.3. The van der Waals surface area contributed by atoms with Gasteiger partial charge in [0.25, 0.3) is 5.56 Å². The van der Waals surface area contributed by atoms with Gasteiger partial charge in [-0.15, -0.1) is 11.3 Å². The molecule has 2 N–H and O–H groups in total. The molecule has 0 unspecified atom stereocenters. The van der Waals surface area contributed by atoms with E-state index in [0.29, 0.717) is 0 Å². The molecule has 2 heterocycles. The first-order valence-corrected chi connectivity index (χ1v) is 6.13. The number of hydrogen-bond acceptors (Lipinski definition) is 4. The van der Waals surface area contributed by atoms with Crippen molar-refractivity contribution in [2.75, 3.05) is 0 Å². The van der Waals surface area contributed by atoms with Crippen LogP contribution < -0.4 is 11.2 Å². The Morgan fingerprint density at radius 3 is 2.67 bits per heavy atom. The average Bonchev–Trinajstić information content (AvgIpc) is 2.80. The van der Waals surface area contributed by atoms with Crippen LogP contribution in [-0.4, -0.2) is 14.7 Å². The fourth-order valence-corrected chi connectivity index (χ4v) is 2.48. The summed E-state index contributed by atoms with van der Waals surface area (Å²) in [6.07, 6.45) is 0.867. The highest BCUT2D eigenvalue weighted by atomic mass is 32.1. The number of thiophene rings is 1. The molecule has 96 valence electrons. The van der Waals surface area contributed by atoms with Crippen LogP contribution in [0, 0.1) is 5.82 Å². The average molecular weight is 270 g/mol. The molecule has 0 aromatic carbocycles. The van der Waals surface area contributed by atoms with Crippen LogP contribution >= 0.6 is 11.3 Å². The topological polar surface area (TPSA) is 75.1 Å². The van der Waals surface area contributed by atoms with Crippen LogP contribution in [0.5, 0.6) is 5.88 Å². The first kappa shape index (κ1) is 12.6. The Bertz CT molecular complexity index is 686. The highest BCUT2D eigenvalue weighted by molar-refractivity contribution is 7.11. The number of nitrogens with one attached hydrogen (secondary N) is 1. The number of aromatic hydroxyl groups is 1. The number of aromatic amines is 1. The molecule has 2 aromatic heterocycles. The van der Waals surface area contributed by atoms with E-state index in [2.05, 4.69) is 0 Å². The highest BCUT2D eigenvalue weighted by Gasteiger charge is 2.14. The van der Waals surface area contributed by atoms with E-state index < -0.39 is 22.9 Å². The van der Waals surface area contributed by atoms with E-state index in [9.17, 15) is 19.1 Å². The summed E-state index contributed by atoms with van der Waals surface area (Å²) < 4.78 is 14.0. The lowest BCUT2D eigenvalue weighted by molar-refractivity contribution is 0.368. The molecule has 0 saturated heterocycles. The standard InChI is InChI=1S/C11H11FN2O3S/c1-2-6-3-4-7(18-6)5-14-10(16)8(12)9(15)13-11(14)17/h3-4,16H,2,5H2,1H3,(H,13,15,17). The van der Waals surface area contributed by atoms with E-state index in [1.54, 1.807) is 6.07 Å². The second kappa shape index (κ2) is 4.77. The fraction of sp³-hybridized carbons (Fsp3) is 0.273. The van der Waals surface area contributed by atoms with Crippen molar-refractivity contribution in [3.8, 4) is 5.88 Å². The molecule has 0 aliphatic heterocycles. The van der Waals surface area contributed by atoms with Crippen molar-refractivity contribution in [3.63, 3.8) is 0 Å². The third-order valence-electron chi connectivity index (χ3n) is 2.50. The molecule has 0 aliphatic carbocycles. The van der Waals surface area contributed by atoms with Gasteiger partial charge >= 0.3 is 5.69 Å². The maximum Gasteiger partial charge on any atom is 0.331 e. The van der Waals surface area contributed by atoms with Gasteiger partial charge in [0.1, 0.15) is 0 Å². The molecule has 0 radical (unpaired) electrons. The van der Waals surface area contributed by atoms with E-state index >= 15 is 0 Å². The minimum Gasteiger partial charge on any atom is -0.492 e. The third-order valence-corrected chi connectivity index (χ3v) is 3.71. The summed E-state index contributed by atoms with van der Waals surface area (Å²) in [6, 6.07) is 3.71. The number of aromatic nitrogens is 2. The van der Waals surface area contributed by atoms with Crippen molar-refractivity contribution < 1.29 is 9.50 Å². The van der Waals surface area contributed by atoms with E-state index in [-0.39, 0.29) is 6.54 Å². The molecule has 0 spiro atoms. The Labute approximate surface area is 105 Å².